The van der Waals surface area contributed by atoms with Gasteiger partial charge in [0.15, 0.2) is 0 Å². The van der Waals surface area contributed by atoms with E-state index in [0.717, 1.165) is 31.7 Å². The molecule has 0 aliphatic carbocycles. The van der Waals surface area contributed by atoms with Crippen LogP contribution in [0.15, 0.2) is 4.47 Å². The van der Waals surface area contributed by atoms with Crippen molar-refractivity contribution in [3.63, 3.8) is 0 Å². The fourth-order valence-corrected chi connectivity index (χ4v) is 2.95. The van der Waals surface area contributed by atoms with E-state index in [-0.39, 0.29) is 0 Å². The van der Waals surface area contributed by atoms with Crippen molar-refractivity contribution >= 4 is 15.9 Å². The van der Waals surface area contributed by atoms with E-state index in [2.05, 4.69) is 58.7 Å². The van der Waals surface area contributed by atoms with E-state index in [0.29, 0.717) is 5.92 Å². The maximum atomic E-state index is 4.59. The average molecular weight is 330 g/mol. The molecule has 1 N–H and O–H groups in total. The zero-order valence-corrected chi connectivity index (χ0v) is 14.4. The summed E-state index contributed by atoms with van der Waals surface area (Å²) in [5.74, 6) is 0.703. The van der Waals surface area contributed by atoms with Gasteiger partial charge in [0.05, 0.1) is 15.9 Å². The van der Waals surface area contributed by atoms with Crippen molar-refractivity contribution in [2.45, 2.75) is 59.9 Å². The number of nitrogens with one attached hydrogen (secondary N) is 1. The molecule has 0 aliphatic rings. The van der Waals surface area contributed by atoms with Crippen LogP contribution in [0, 0.1) is 12.8 Å². The highest BCUT2D eigenvalue weighted by Gasteiger charge is 2.17. The second-order valence-corrected chi connectivity index (χ2v) is 6.02. The lowest BCUT2D eigenvalue weighted by Crippen LogP contribution is -2.25. The first-order chi connectivity index (χ1) is 9.13. The number of halogens is 1. The minimum atomic E-state index is 0.703. The molecule has 0 fully saturated rings. The quantitative estimate of drug-likeness (QED) is 0.695. The summed E-state index contributed by atoms with van der Waals surface area (Å²) in [5, 5.41) is 8.15. The second-order valence-electron chi connectivity index (χ2n) is 5.22. The van der Waals surface area contributed by atoms with Crippen LogP contribution in [0.4, 0.5) is 0 Å². The molecule has 0 bridgehead atoms. The molecule has 3 nitrogen and oxygen atoms in total. The van der Waals surface area contributed by atoms with Crippen LogP contribution in [0.1, 0.15) is 51.4 Å². The number of rotatable bonds is 9. The van der Waals surface area contributed by atoms with Gasteiger partial charge in [-0.25, -0.2) is 0 Å². The molecule has 0 amide bonds. The first-order valence-corrected chi connectivity index (χ1v) is 8.35. The number of aromatic nitrogens is 2. The Morgan fingerprint density at radius 1 is 1.26 bits per heavy atom. The summed E-state index contributed by atoms with van der Waals surface area (Å²) < 4.78 is 3.34. The molecule has 0 saturated carbocycles. The number of hydrogen-bond acceptors (Lipinski definition) is 2. The molecule has 0 aromatic carbocycles. The van der Waals surface area contributed by atoms with Crippen LogP contribution in [0.3, 0.4) is 0 Å². The molecular formula is C15H28BrN3. The molecule has 1 heterocycles. The molecule has 1 rings (SSSR count). The summed E-state index contributed by atoms with van der Waals surface area (Å²) in [7, 11) is 0. The predicted octanol–water partition coefficient (Wildman–Crippen LogP) is 3.93. The van der Waals surface area contributed by atoms with E-state index in [4.69, 9.17) is 0 Å². The minimum absolute atomic E-state index is 0.703. The zero-order chi connectivity index (χ0) is 14.3. The van der Waals surface area contributed by atoms with Crippen LogP contribution in [0.5, 0.6) is 0 Å². The van der Waals surface area contributed by atoms with Crippen molar-refractivity contribution in [1.82, 2.24) is 15.1 Å². The first kappa shape index (κ1) is 16.7. The maximum absolute atomic E-state index is 4.59. The van der Waals surface area contributed by atoms with Gasteiger partial charge in [0.1, 0.15) is 0 Å². The van der Waals surface area contributed by atoms with Crippen molar-refractivity contribution in [3.8, 4) is 0 Å². The molecule has 19 heavy (non-hydrogen) atoms. The molecule has 1 aromatic heterocycles. The van der Waals surface area contributed by atoms with Crippen molar-refractivity contribution < 1.29 is 0 Å². The van der Waals surface area contributed by atoms with Gasteiger partial charge in [0, 0.05) is 6.54 Å². The lowest BCUT2D eigenvalue weighted by Gasteiger charge is -2.18. The van der Waals surface area contributed by atoms with E-state index < -0.39 is 0 Å². The summed E-state index contributed by atoms with van der Waals surface area (Å²) >= 11 is 3.70. The number of hydrogen-bond donors (Lipinski definition) is 1. The molecule has 0 spiro atoms. The predicted molar refractivity (Wildman–Crippen MR) is 85.6 cm³/mol. The van der Waals surface area contributed by atoms with E-state index in [1.807, 2.05) is 0 Å². The summed E-state index contributed by atoms with van der Waals surface area (Å²) in [6.07, 6.45) is 4.83. The third-order valence-electron chi connectivity index (χ3n) is 3.49. The molecule has 0 radical (unpaired) electrons. The van der Waals surface area contributed by atoms with Crippen LogP contribution in [0.2, 0.25) is 0 Å². The van der Waals surface area contributed by atoms with Gasteiger partial charge in [0.25, 0.3) is 0 Å². The van der Waals surface area contributed by atoms with Crippen molar-refractivity contribution in [2.24, 2.45) is 5.92 Å². The highest BCUT2D eigenvalue weighted by molar-refractivity contribution is 9.10. The molecule has 0 aliphatic heterocycles. The highest BCUT2D eigenvalue weighted by atomic mass is 79.9. The van der Waals surface area contributed by atoms with Crippen LogP contribution in [-0.4, -0.2) is 22.9 Å². The normalized spacial score (nSPS) is 12.9. The smallest absolute Gasteiger partial charge is 0.0738 e. The van der Waals surface area contributed by atoms with E-state index in [1.54, 1.807) is 0 Å². The van der Waals surface area contributed by atoms with Crippen LogP contribution >= 0.6 is 15.9 Å². The highest BCUT2D eigenvalue weighted by Crippen LogP contribution is 2.25. The third-order valence-corrected chi connectivity index (χ3v) is 4.52. The van der Waals surface area contributed by atoms with Crippen molar-refractivity contribution in [3.05, 3.63) is 15.9 Å². The SMILES string of the molecule is CCCNCC(CCC)Cc1c(Br)c(C)nn1CC. The lowest BCUT2D eigenvalue weighted by molar-refractivity contribution is 0.424. The molecule has 1 unspecified atom stereocenters. The van der Waals surface area contributed by atoms with E-state index in [9.17, 15) is 0 Å². The molecular weight excluding hydrogens is 302 g/mol. The van der Waals surface area contributed by atoms with Gasteiger partial charge in [0.2, 0.25) is 0 Å². The number of nitrogens with zero attached hydrogens (tertiary/aromatic N) is 2. The Labute approximate surface area is 126 Å². The van der Waals surface area contributed by atoms with Crippen molar-refractivity contribution in [2.75, 3.05) is 13.1 Å². The molecule has 4 heteroatoms. The summed E-state index contributed by atoms with van der Waals surface area (Å²) in [5.41, 5.74) is 2.46. The van der Waals surface area contributed by atoms with Gasteiger partial charge in [-0.15, -0.1) is 0 Å². The Morgan fingerprint density at radius 2 is 2.00 bits per heavy atom. The summed E-state index contributed by atoms with van der Waals surface area (Å²) in [6, 6.07) is 0. The van der Waals surface area contributed by atoms with Crippen LogP contribution < -0.4 is 5.32 Å². The Morgan fingerprint density at radius 3 is 2.58 bits per heavy atom. The van der Waals surface area contributed by atoms with Crippen molar-refractivity contribution in [1.29, 1.82) is 0 Å². The molecule has 110 valence electrons. The van der Waals surface area contributed by atoms with Gasteiger partial charge < -0.3 is 5.32 Å². The average Bonchev–Trinajstić information content (AvgIpc) is 2.67. The summed E-state index contributed by atoms with van der Waals surface area (Å²) in [6.45, 7) is 11.9. The molecule has 1 aromatic rings. The summed E-state index contributed by atoms with van der Waals surface area (Å²) in [4.78, 5) is 0. The van der Waals surface area contributed by atoms with Gasteiger partial charge in [-0.05, 0) is 68.0 Å². The fraction of sp³-hybridized carbons (Fsp3) is 0.800. The van der Waals surface area contributed by atoms with Crippen LogP contribution in [0.25, 0.3) is 0 Å². The van der Waals surface area contributed by atoms with Gasteiger partial charge in [-0.1, -0.05) is 20.3 Å². The van der Waals surface area contributed by atoms with E-state index in [1.165, 1.54) is 29.4 Å². The Bertz CT molecular complexity index is 374. The molecule has 1 atom stereocenters. The third kappa shape index (κ3) is 4.92. The zero-order valence-electron chi connectivity index (χ0n) is 12.8. The Balaban J connectivity index is 2.72. The maximum Gasteiger partial charge on any atom is 0.0738 e. The first-order valence-electron chi connectivity index (χ1n) is 7.56. The van der Waals surface area contributed by atoms with Gasteiger partial charge in [-0.2, -0.15) is 5.10 Å². The van der Waals surface area contributed by atoms with Crippen LogP contribution in [-0.2, 0) is 13.0 Å². The largest absolute Gasteiger partial charge is 0.316 e. The topological polar surface area (TPSA) is 29.9 Å². The second kappa shape index (κ2) is 8.75. The monoisotopic (exact) mass is 329 g/mol. The standard InChI is InChI=1S/C15H28BrN3/c1-5-8-13(11-17-9-6-2)10-14-15(16)12(4)18-19(14)7-3/h13,17H,5-11H2,1-4H3. The minimum Gasteiger partial charge on any atom is -0.316 e. The van der Waals surface area contributed by atoms with Gasteiger partial charge >= 0.3 is 0 Å². The Kier molecular flexibility index (Phi) is 7.69. The number of aryl methyl sites for hydroxylation is 2. The fourth-order valence-electron chi connectivity index (χ4n) is 2.50. The molecule has 0 saturated heterocycles. The lowest BCUT2D eigenvalue weighted by atomic mass is 9.97. The van der Waals surface area contributed by atoms with E-state index >= 15 is 0 Å². The Hall–Kier alpha value is -0.350. The van der Waals surface area contributed by atoms with Gasteiger partial charge in [-0.3, -0.25) is 4.68 Å².